The van der Waals surface area contributed by atoms with Crippen LogP contribution in [0.5, 0.6) is 5.75 Å². The summed E-state index contributed by atoms with van der Waals surface area (Å²) in [5.74, 6) is 0.641. The molecule has 0 atom stereocenters. The van der Waals surface area contributed by atoms with Crippen molar-refractivity contribution in [3.05, 3.63) is 54.4 Å². The van der Waals surface area contributed by atoms with Crippen LogP contribution in [0, 0.1) is 5.92 Å². The van der Waals surface area contributed by atoms with Crippen LogP contribution >= 0.6 is 0 Å². The summed E-state index contributed by atoms with van der Waals surface area (Å²) >= 11 is 0. The fourth-order valence-electron chi connectivity index (χ4n) is 3.41. The number of hydrogen-bond donors (Lipinski definition) is 2. The number of pyridine rings is 1. The van der Waals surface area contributed by atoms with Gasteiger partial charge in [-0.25, -0.2) is 4.79 Å². The lowest BCUT2D eigenvalue weighted by Crippen LogP contribution is -2.41. The Morgan fingerprint density at radius 1 is 1.18 bits per heavy atom. The van der Waals surface area contributed by atoms with Gasteiger partial charge in [-0.3, -0.25) is 9.78 Å². The fourth-order valence-corrected chi connectivity index (χ4v) is 3.41. The number of rotatable bonds is 7. The molecule has 148 valence electrons. The van der Waals surface area contributed by atoms with Crippen molar-refractivity contribution in [3.63, 3.8) is 0 Å². The van der Waals surface area contributed by atoms with E-state index >= 15 is 0 Å². The number of urea groups is 1. The number of nitrogens with two attached hydrogens (primary N) is 1. The predicted molar refractivity (Wildman–Crippen MR) is 107 cm³/mol. The molecule has 2 heterocycles. The Balaban J connectivity index is 1.36. The third-order valence-electron chi connectivity index (χ3n) is 4.98. The highest BCUT2D eigenvalue weighted by molar-refractivity contribution is 5.95. The van der Waals surface area contributed by atoms with E-state index in [4.69, 9.17) is 10.5 Å². The Hall–Kier alpha value is -3.09. The zero-order chi connectivity index (χ0) is 19.8. The van der Waals surface area contributed by atoms with Gasteiger partial charge in [0.1, 0.15) is 5.75 Å². The largest absolute Gasteiger partial charge is 0.493 e. The van der Waals surface area contributed by atoms with Crippen LogP contribution in [-0.4, -0.2) is 41.5 Å². The number of ether oxygens (including phenoxy) is 1. The van der Waals surface area contributed by atoms with E-state index in [1.54, 1.807) is 36.7 Å². The number of amides is 3. The van der Waals surface area contributed by atoms with Gasteiger partial charge in [-0.1, -0.05) is 12.1 Å². The quantitative estimate of drug-likeness (QED) is 0.718. The van der Waals surface area contributed by atoms with E-state index in [9.17, 15) is 9.59 Å². The number of nitrogens with zero attached hydrogens (tertiary/aromatic N) is 2. The van der Waals surface area contributed by atoms with E-state index in [-0.39, 0.29) is 6.03 Å². The summed E-state index contributed by atoms with van der Waals surface area (Å²) in [6.45, 7) is 2.05. The molecule has 1 saturated heterocycles. The van der Waals surface area contributed by atoms with Gasteiger partial charge in [0.05, 0.1) is 24.1 Å². The molecule has 2 aromatic rings. The van der Waals surface area contributed by atoms with Gasteiger partial charge < -0.3 is 20.7 Å². The molecular weight excluding hydrogens is 356 g/mol. The van der Waals surface area contributed by atoms with Crippen LogP contribution in [0.2, 0.25) is 0 Å². The van der Waals surface area contributed by atoms with Crippen LogP contribution in [-0.2, 0) is 0 Å². The van der Waals surface area contributed by atoms with Crippen LogP contribution in [0.1, 0.15) is 36.0 Å². The molecule has 1 aromatic heterocycles. The van der Waals surface area contributed by atoms with Crippen molar-refractivity contribution in [2.45, 2.75) is 25.7 Å². The number of benzene rings is 1. The minimum atomic E-state index is -0.479. The fraction of sp³-hybridized carbons (Fsp3) is 0.381. The molecule has 0 radical (unpaired) electrons. The van der Waals surface area contributed by atoms with E-state index in [1.807, 2.05) is 17.0 Å². The number of hydrogen-bond acceptors (Lipinski definition) is 4. The highest BCUT2D eigenvalue weighted by Gasteiger charge is 2.22. The molecule has 3 amide bonds. The van der Waals surface area contributed by atoms with Crippen LogP contribution in [0.15, 0.2) is 48.8 Å². The lowest BCUT2D eigenvalue weighted by molar-refractivity contribution is 0.0996. The van der Waals surface area contributed by atoms with Crippen LogP contribution in [0.25, 0.3) is 0 Å². The van der Waals surface area contributed by atoms with Crippen LogP contribution < -0.4 is 15.8 Å². The Morgan fingerprint density at radius 2 is 1.96 bits per heavy atom. The SMILES string of the molecule is NC(=O)c1ccccc1OCCCC1CCN(C(=O)Nc2cccnc2)CC1. The second-order valence-corrected chi connectivity index (χ2v) is 6.95. The van der Waals surface area contributed by atoms with E-state index in [0.29, 0.717) is 29.5 Å². The van der Waals surface area contributed by atoms with Crippen molar-refractivity contribution in [1.82, 2.24) is 9.88 Å². The maximum atomic E-state index is 12.3. The van der Waals surface area contributed by atoms with E-state index in [2.05, 4.69) is 10.3 Å². The summed E-state index contributed by atoms with van der Waals surface area (Å²) in [5, 5.41) is 2.88. The molecule has 3 N–H and O–H groups in total. The third-order valence-corrected chi connectivity index (χ3v) is 4.98. The van der Waals surface area contributed by atoms with Gasteiger partial charge >= 0.3 is 6.03 Å². The molecule has 0 bridgehead atoms. The van der Waals surface area contributed by atoms with Crippen molar-refractivity contribution >= 4 is 17.6 Å². The average molecular weight is 382 g/mol. The summed E-state index contributed by atoms with van der Waals surface area (Å²) in [6.07, 6.45) is 7.23. The highest BCUT2D eigenvalue weighted by atomic mass is 16.5. The maximum Gasteiger partial charge on any atom is 0.321 e. The zero-order valence-corrected chi connectivity index (χ0v) is 15.8. The average Bonchev–Trinajstić information content (AvgIpc) is 2.72. The van der Waals surface area contributed by atoms with Crippen molar-refractivity contribution in [3.8, 4) is 5.75 Å². The molecule has 1 fully saturated rings. The number of primary amides is 1. The Labute approximate surface area is 164 Å². The molecule has 0 aliphatic carbocycles. The molecule has 3 rings (SSSR count). The molecule has 1 aromatic carbocycles. The third kappa shape index (κ3) is 5.45. The lowest BCUT2D eigenvalue weighted by atomic mass is 9.92. The summed E-state index contributed by atoms with van der Waals surface area (Å²) in [7, 11) is 0. The number of likely N-dealkylation sites (tertiary alicyclic amines) is 1. The second-order valence-electron chi connectivity index (χ2n) is 6.95. The van der Waals surface area contributed by atoms with Crippen molar-refractivity contribution < 1.29 is 14.3 Å². The van der Waals surface area contributed by atoms with Crippen molar-refractivity contribution in [2.24, 2.45) is 11.7 Å². The van der Waals surface area contributed by atoms with Gasteiger partial charge in [0.15, 0.2) is 0 Å². The Morgan fingerprint density at radius 3 is 2.68 bits per heavy atom. The first-order valence-electron chi connectivity index (χ1n) is 9.61. The zero-order valence-electron chi connectivity index (χ0n) is 15.8. The number of carbonyl (C=O) groups is 2. The molecule has 1 aliphatic rings. The van der Waals surface area contributed by atoms with Gasteiger partial charge in [-0.15, -0.1) is 0 Å². The predicted octanol–water partition coefficient (Wildman–Crippen LogP) is 3.28. The normalized spacial score (nSPS) is 14.5. The van der Waals surface area contributed by atoms with E-state index < -0.39 is 5.91 Å². The van der Waals surface area contributed by atoms with Crippen molar-refractivity contribution in [1.29, 1.82) is 0 Å². The summed E-state index contributed by atoms with van der Waals surface area (Å²) in [4.78, 5) is 29.6. The van der Waals surface area contributed by atoms with E-state index in [1.165, 1.54) is 0 Å². The standard InChI is InChI=1S/C21H26N4O3/c22-20(26)18-7-1-2-8-19(18)28-14-4-5-16-9-12-25(13-10-16)21(27)24-17-6-3-11-23-15-17/h1-3,6-8,11,15-16H,4-5,9-10,12-14H2,(H2,22,26)(H,24,27). The molecule has 0 saturated carbocycles. The molecule has 7 heteroatoms. The summed E-state index contributed by atoms with van der Waals surface area (Å²) in [5.41, 5.74) is 6.49. The molecule has 7 nitrogen and oxygen atoms in total. The van der Waals surface area contributed by atoms with Gasteiger partial charge in [-0.05, 0) is 55.9 Å². The lowest BCUT2D eigenvalue weighted by Gasteiger charge is -2.32. The number of piperidine rings is 1. The molecule has 1 aliphatic heterocycles. The van der Waals surface area contributed by atoms with Crippen molar-refractivity contribution in [2.75, 3.05) is 25.0 Å². The first-order chi connectivity index (χ1) is 13.6. The second kappa shape index (κ2) is 9.73. The van der Waals surface area contributed by atoms with Crippen LogP contribution in [0.3, 0.4) is 0 Å². The molecule has 0 spiro atoms. The van der Waals surface area contributed by atoms with Crippen LogP contribution in [0.4, 0.5) is 10.5 Å². The smallest absolute Gasteiger partial charge is 0.321 e. The number of aromatic nitrogens is 1. The van der Waals surface area contributed by atoms with E-state index in [0.717, 1.165) is 38.8 Å². The monoisotopic (exact) mass is 382 g/mol. The number of para-hydroxylation sites is 1. The van der Waals surface area contributed by atoms with Gasteiger partial charge in [0.2, 0.25) is 0 Å². The molecular formula is C21H26N4O3. The van der Waals surface area contributed by atoms with Gasteiger partial charge in [0.25, 0.3) is 5.91 Å². The molecule has 28 heavy (non-hydrogen) atoms. The Bertz CT molecular complexity index is 789. The maximum absolute atomic E-state index is 12.3. The Kier molecular flexibility index (Phi) is 6.84. The summed E-state index contributed by atoms with van der Waals surface area (Å²) in [6, 6.07) is 10.6. The minimum absolute atomic E-state index is 0.0714. The first kappa shape index (κ1) is 19.7. The van der Waals surface area contributed by atoms with Gasteiger partial charge in [-0.2, -0.15) is 0 Å². The minimum Gasteiger partial charge on any atom is -0.493 e. The highest BCUT2D eigenvalue weighted by Crippen LogP contribution is 2.23. The molecule has 0 unspecified atom stereocenters. The topological polar surface area (TPSA) is 97.6 Å². The first-order valence-corrected chi connectivity index (χ1v) is 9.61. The number of anilines is 1. The summed E-state index contributed by atoms with van der Waals surface area (Å²) < 4.78 is 5.73. The number of nitrogens with one attached hydrogen (secondary N) is 1. The number of carbonyl (C=O) groups excluding carboxylic acids is 2. The van der Waals surface area contributed by atoms with Gasteiger partial charge in [0, 0.05) is 19.3 Å².